The molecule has 0 saturated carbocycles. The van der Waals surface area contributed by atoms with Crippen LogP contribution in [0.4, 0.5) is 0 Å². The van der Waals surface area contributed by atoms with Crippen molar-refractivity contribution >= 4 is 0 Å². The van der Waals surface area contributed by atoms with Crippen LogP contribution < -0.4 is 0 Å². The molecule has 5 heteroatoms. The van der Waals surface area contributed by atoms with Crippen molar-refractivity contribution in [3.05, 3.63) is 60.4 Å². The highest BCUT2D eigenvalue weighted by Gasteiger charge is 2.17. The van der Waals surface area contributed by atoms with Gasteiger partial charge < -0.3 is 9.09 Å². The van der Waals surface area contributed by atoms with Gasteiger partial charge in [0.2, 0.25) is 0 Å². The van der Waals surface area contributed by atoms with Crippen molar-refractivity contribution in [3.8, 4) is 11.3 Å². The van der Waals surface area contributed by atoms with Crippen molar-refractivity contribution in [1.82, 2.24) is 19.6 Å². The molecular formula is C16H16N4O. The molecule has 5 nitrogen and oxygen atoms in total. The van der Waals surface area contributed by atoms with Crippen molar-refractivity contribution in [2.45, 2.75) is 19.6 Å². The quantitative estimate of drug-likeness (QED) is 0.739. The first kappa shape index (κ1) is 12.3. The molecule has 1 aliphatic rings. The Morgan fingerprint density at radius 2 is 2.05 bits per heavy atom. The predicted molar refractivity (Wildman–Crippen MR) is 78.3 cm³/mol. The van der Waals surface area contributed by atoms with Crippen molar-refractivity contribution in [2.24, 2.45) is 0 Å². The molecule has 0 atom stereocenters. The predicted octanol–water partition coefficient (Wildman–Crippen LogP) is 2.55. The first-order chi connectivity index (χ1) is 10.4. The van der Waals surface area contributed by atoms with Crippen molar-refractivity contribution in [1.29, 1.82) is 0 Å². The van der Waals surface area contributed by atoms with E-state index in [4.69, 9.17) is 4.52 Å². The number of nitrogens with zero attached hydrogens (tertiary/aromatic N) is 4. The molecule has 0 aliphatic carbocycles. The topological polar surface area (TPSA) is 47.1 Å². The molecule has 0 amide bonds. The average Bonchev–Trinajstić information content (AvgIpc) is 3.17. The first-order valence-corrected chi connectivity index (χ1v) is 7.11. The maximum absolute atomic E-state index is 5.47. The Bertz CT molecular complexity index is 732. The molecule has 0 radical (unpaired) electrons. The van der Waals surface area contributed by atoms with Gasteiger partial charge >= 0.3 is 0 Å². The zero-order valence-electron chi connectivity index (χ0n) is 11.6. The average molecular weight is 280 g/mol. The molecule has 3 aromatic heterocycles. The second-order valence-electron chi connectivity index (χ2n) is 5.32. The van der Waals surface area contributed by atoms with Crippen LogP contribution in [0.5, 0.6) is 0 Å². The summed E-state index contributed by atoms with van der Waals surface area (Å²) in [6.45, 7) is 3.82. The summed E-state index contributed by atoms with van der Waals surface area (Å²) in [7, 11) is 0. The second-order valence-corrected chi connectivity index (χ2v) is 5.32. The fourth-order valence-corrected chi connectivity index (χ4v) is 2.77. The number of hydrogen-bond donors (Lipinski definition) is 0. The molecular weight excluding hydrogens is 264 g/mol. The van der Waals surface area contributed by atoms with Crippen LogP contribution in [0, 0.1) is 0 Å². The number of pyridine rings is 1. The van der Waals surface area contributed by atoms with Crippen LogP contribution in [0.25, 0.3) is 11.3 Å². The van der Waals surface area contributed by atoms with Crippen LogP contribution in [0.1, 0.15) is 11.5 Å². The third-order valence-corrected chi connectivity index (χ3v) is 3.88. The van der Waals surface area contributed by atoms with Crippen LogP contribution in [0.2, 0.25) is 0 Å². The van der Waals surface area contributed by atoms with Gasteiger partial charge in [0.15, 0.2) is 5.76 Å². The summed E-state index contributed by atoms with van der Waals surface area (Å²) < 4.78 is 7.78. The molecule has 1 aliphatic heterocycles. The zero-order valence-corrected chi connectivity index (χ0v) is 11.6. The van der Waals surface area contributed by atoms with Gasteiger partial charge in [-0.2, -0.15) is 0 Å². The number of rotatable bonds is 3. The van der Waals surface area contributed by atoms with E-state index in [-0.39, 0.29) is 0 Å². The lowest BCUT2D eigenvalue weighted by Crippen LogP contribution is -2.32. The molecule has 0 fully saturated rings. The number of aromatic nitrogens is 3. The maximum atomic E-state index is 5.47. The van der Waals surface area contributed by atoms with Gasteiger partial charge in [-0.05, 0) is 24.3 Å². The van der Waals surface area contributed by atoms with Crippen molar-refractivity contribution in [3.63, 3.8) is 0 Å². The van der Waals surface area contributed by atoms with E-state index in [1.165, 1.54) is 5.69 Å². The molecule has 0 unspecified atom stereocenters. The Kier molecular flexibility index (Phi) is 3.05. The summed E-state index contributed by atoms with van der Waals surface area (Å²) in [6, 6.07) is 10.2. The summed E-state index contributed by atoms with van der Waals surface area (Å²) in [5.41, 5.74) is 3.26. The smallest absolute Gasteiger partial charge is 0.151 e. The van der Waals surface area contributed by atoms with E-state index in [2.05, 4.69) is 37.9 Å². The Morgan fingerprint density at radius 1 is 1.14 bits per heavy atom. The molecule has 21 heavy (non-hydrogen) atoms. The Morgan fingerprint density at radius 3 is 2.95 bits per heavy atom. The summed E-state index contributed by atoms with van der Waals surface area (Å²) in [5.74, 6) is 0.904. The lowest BCUT2D eigenvalue weighted by molar-refractivity contribution is 0.190. The van der Waals surface area contributed by atoms with Gasteiger partial charge in [-0.1, -0.05) is 5.16 Å². The molecule has 4 heterocycles. The highest BCUT2D eigenvalue weighted by atomic mass is 16.5. The van der Waals surface area contributed by atoms with Crippen LogP contribution >= 0.6 is 0 Å². The van der Waals surface area contributed by atoms with Gasteiger partial charge in [-0.25, -0.2) is 0 Å². The van der Waals surface area contributed by atoms with Gasteiger partial charge in [0.05, 0.1) is 6.54 Å². The van der Waals surface area contributed by atoms with Gasteiger partial charge in [-0.3, -0.25) is 9.88 Å². The second kappa shape index (κ2) is 5.18. The largest absolute Gasteiger partial charge is 0.359 e. The van der Waals surface area contributed by atoms with E-state index >= 15 is 0 Å². The SMILES string of the molecule is c1cc2n(c1)CCN(Cc1cc(-c3ccncc3)no1)C2. The monoisotopic (exact) mass is 280 g/mol. The zero-order chi connectivity index (χ0) is 14.1. The van der Waals surface area contributed by atoms with Gasteiger partial charge in [0, 0.05) is 55.5 Å². The third-order valence-electron chi connectivity index (χ3n) is 3.88. The van der Waals surface area contributed by atoms with Gasteiger partial charge in [0.1, 0.15) is 5.69 Å². The van der Waals surface area contributed by atoms with Gasteiger partial charge in [0.25, 0.3) is 0 Å². The van der Waals surface area contributed by atoms with Crippen molar-refractivity contribution in [2.75, 3.05) is 6.54 Å². The third kappa shape index (κ3) is 2.48. The lowest BCUT2D eigenvalue weighted by Gasteiger charge is -2.27. The van der Waals surface area contributed by atoms with E-state index in [1.54, 1.807) is 12.4 Å². The minimum atomic E-state index is 0.795. The fourth-order valence-electron chi connectivity index (χ4n) is 2.77. The Labute approximate surface area is 122 Å². The Hall–Kier alpha value is -2.40. The Balaban J connectivity index is 1.48. The van der Waals surface area contributed by atoms with E-state index in [9.17, 15) is 0 Å². The molecule has 106 valence electrons. The van der Waals surface area contributed by atoms with Crippen molar-refractivity contribution < 1.29 is 4.52 Å². The minimum Gasteiger partial charge on any atom is -0.359 e. The van der Waals surface area contributed by atoms with Crippen LogP contribution in [0.3, 0.4) is 0 Å². The molecule has 0 N–H and O–H groups in total. The van der Waals surface area contributed by atoms with Gasteiger partial charge in [-0.15, -0.1) is 0 Å². The molecule has 0 aromatic carbocycles. The first-order valence-electron chi connectivity index (χ1n) is 7.11. The summed E-state index contributed by atoms with van der Waals surface area (Å²) in [6.07, 6.45) is 5.67. The van der Waals surface area contributed by atoms with E-state index in [0.717, 1.165) is 43.2 Å². The molecule has 4 rings (SSSR count). The van der Waals surface area contributed by atoms with Crippen LogP contribution in [-0.4, -0.2) is 26.2 Å². The maximum Gasteiger partial charge on any atom is 0.151 e. The highest BCUT2D eigenvalue weighted by Crippen LogP contribution is 2.20. The summed E-state index contributed by atoms with van der Waals surface area (Å²) in [5, 5.41) is 4.15. The molecule has 0 spiro atoms. The highest BCUT2D eigenvalue weighted by molar-refractivity contribution is 5.57. The molecule has 0 saturated heterocycles. The lowest BCUT2D eigenvalue weighted by atomic mass is 10.2. The van der Waals surface area contributed by atoms with E-state index in [0.29, 0.717) is 0 Å². The van der Waals surface area contributed by atoms with Crippen LogP contribution in [-0.2, 0) is 19.6 Å². The summed E-state index contributed by atoms with van der Waals surface area (Å²) in [4.78, 5) is 6.40. The standard InChI is InChI=1S/C16H16N4O/c1-2-14-11-19(8-9-20(14)7-1)12-15-10-16(18-21-15)13-3-5-17-6-4-13/h1-7,10H,8-9,11-12H2. The fraction of sp³-hybridized carbons (Fsp3) is 0.250. The van der Waals surface area contributed by atoms with E-state index < -0.39 is 0 Å². The van der Waals surface area contributed by atoms with E-state index in [1.807, 2.05) is 18.2 Å². The number of hydrogen-bond acceptors (Lipinski definition) is 4. The number of fused-ring (bicyclic) bond motifs is 1. The van der Waals surface area contributed by atoms with Crippen LogP contribution in [0.15, 0.2) is 53.4 Å². The normalized spacial score (nSPS) is 15.0. The molecule has 3 aromatic rings. The minimum absolute atomic E-state index is 0.795. The molecule has 0 bridgehead atoms. The summed E-state index contributed by atoms with van der Waals surface area (Å²) >= 11 is 0.